The summed E-state index contributed by atoms with van der Waals surface area (Å²) in [5.41, 5.74) is 16.9. The first-order valence-electron chi connectivity index (χ1n) is 16.3. The Labute approximate surface area is 266 Å². The van der Waals surface area contributed by atoms with Gasteiger partial charge in [-0.2, -0.15) is 0 Å². The van der Waals surface area contributed by atoms with Crippen molar-refractivity contribution >= 4 is 5.57 Å². The molecule has 0 spiro atoms. The standard InChI is InChI=1S/C44H48/c1-29-24-34(42(2,3)4)27-37(29)41-38-26-32-25-33(20-21-35(32)36(38)22-23-40(41)43(5,6)7)44(8,9)28-39(30-16-12-10-13-17-30)31-18-14-11-15-19-31/h10-25,27-28,37H,26H2,1-9H3. The van der Waals surface area contributed by atoms with Crippen molar-refractivity contribution in [2.45, 2.75) is 85.5 Å². The normalized spacial score (nSPS) is 16.2. The highest BCUT2D eigenvalue weighted by Gasteiger charge is 2.34. The van der Waals surface area contributed by atoms with E-state index in [1.807, 2.05) is 0 Å². The van der Waals surface area contributed by atoms with E-state index in [1.54, 1.807) is 0 Å². The Hall–Kier alpha value is -3.90. The fourth-order valence-corrected chi connectivity index (χ4v) is 7.20. The van der Waals surface area contributed by atoms with E-state index in [2.05, 4.69) is 172 Å². The summed E-state index contributed by atoms with van der Waals surface area (Å²) in [6.07, 6.45) is 8.46. The van der Waals surface area contributed by atoms with Crippen LogP contribution in [0, 0.1) is 5.41 Å². The van der Waals surface area contributed by atoms with Gasteiger partial charge in [-0.3, -0.25) is 0 Å². The molecule has 44 heavy (non-hydrogen) atoms. The Morgan fingerprint density at radius 2 is 1.27 bits per heavy atom. The monoisotopic (exact) mass is 576 g/mol. The largest absolute Gasteiger partial charge is 0.0692 e. The predicted octanol–water partition coefficient (Wildman–Crippen LogP) is 12.0. The highest BCUT2D eigenvalue weighted by atomic mass is 14.4. The number of rotatable bonds is 5. The lowest BCUT2D eigenvalue weighted by Gasteiger charge is -2.29. The molecule has 0 saturated heterocycles. The number of benzene rings is 4. The third kappa shape index (κ3) is 5.56. The molecule has 1 unspecified atom stereocenters. The second-order valence-corrected chi connectivity index (χ2v) is 15.6. The average Bonchev–Trinajstić information content (AvgIpc) is 3.56. The maximum atomic E-state index is 2.55. The number of fused-ring (bicyclic) bond motifs is 3. The summed E-state index contributed by atoms with van der Waals surface area (Å²) in [7, 11) is 0. The molecule has 0 radical (unpaired) electrons. The zero-order chi connectivity index (χ0) is 31.4. The number of allylic oxidation sites excluding steroid dienone is 5. The van der Waals surface area contributed by atoms with Crippen LogP contribution in [0.25, 0.3) is 16.7 Å². The van der Waals surface area contributed by atoms with Crippen LogP contribution in [0.15, 0.2) is 120 Å². The lowest BCUT2D eigenvalue weighted by atomic mass is 9.75. The first-order valence-corrected chi connectivity index (χ1v) is 16.3. The van der Waals surface area contributed by atoms with Crippen LogP contribution in [0.4, 0.5) is 0 Å². The zero-order valence-corrected chi connectivity index (χ0v) is 28.2. The van der Waals surface area contributed by atoms with Gasteiger partial charge in [-0.25, -0.2) is 0 Å². The van der Waals surface area contributed by atoms with Gasteiger partial charge < -0.3 is 0 Å². The summed E-state index contributed by atoms with van der Waals surface area (Å²) in [5.74, 6) is 0.334. The molecule has 0 bridgehead atoms. The van der Waals surface area contributed by atoms with Crippen molar-refractivity contribution < 1.29 is 0 Å². The molecule has 0 fully saturated rings. The van der Waals surface area contributed by atoms with E-state index in [0.29, 0.717) is 5.92 Å². The van der Waals surface area contributed by atoms with Crippen LogP contribution < -0.4 is 0 Å². The van der Waals surface area contributed by atoms with Gasteiger partial charge in [0.25, 0.3) is 0 Å². The van der Waals surface area contributed by atoms with Crippen LogP contribution in [0.1, 0.15) is 107 Å². The van der Waals surface area contributed by atoms with E-state index in [9.17, 15) is 0 Å². The molecule has 0 heteroatoms. The minimum atomic E-state index is -0.153. The van der Waals surface area contributed by atoms with Crippen LogP contribution in [-0.2, 0) is 17.3 Å². The van der Waals surface area contributed by atoms with Crippen LogP contribution in [0.5, 0.6) is 0 Å². The Morgan fingerprint density at radius 3 is 1.82 bits per heavy atom. The average molecular weight is 577 g/mol. The molecule has 0 nitrogen and oxygen atoms in total. The lowest BCUT2D eigenvalue weighted by Crippen LogP contribution is -2.17. The molecule has 6 rings (SSSR count). The molecule has 0 saturated carbocycles. The highest BCUT2D eigenvalue weighted by molar-refractivity contribution is 5.82. The van der Waals surface area contributed by atoms with Gasteiger partial charge in [0, 0.05) is 11.3 Å². The van der Waals surface area contributed by atoms with Gasteiger partial charge in [-0.05, 0) is 85.4 Å². The summed E-state index contributed by atoms with van der Waals surface area (Å²) in [6, 6.07) is 33.7. The minimum Gasteiger partial charge on any atom is -0.0692 e. The number of hydrogen-bond acceptors (Lipinski definition) is 0. The van der Waals surface area contributed by atoms with Gasteiger partial charge in [-0.1, -0.05) is 170 Å². The maximum Gasteiger partial charge on any atom is 0.0240 e. The second-order valence-electron chi connectivity index (χ2n) is 15.6. The van der Waals surface area contributed by atoms with Crippen LogP contribution in [-0.4, -0.2) is 0 Å². The van der Waals surface area contributed by atoms with Crippen molar-refractivity contribution in [3.63, 3.8) is 0 Å². The summed E-state index contributed by atoms with van der Waals surface area (Å²) >= 11 is 0. The molecule has 0 aliphatic heterocycles. The van der Waals surface area contributed by atoms with Crippen molar-refractivity contribution in [2.24, 2.45) is 5.41 Å². The summed E-state index contributed by atoms with van der Waals surface area (Å²) < 4.78 is 0. The molecular weight excluding hydrogens is 528 g/mol. The highest BCUT2D eigenvalue weighted by Crippen LogP contribution is 2.50. The molecule has 0 aromatic heterocycles. The lowest BCUT2D eigenvalue weighted by molar-refractivity contribution is 0.517. The second kappa shape index (κ2) is 10.9. The fraction of sp³-hybridized carbons (Fsp3) is 0.318. The van der Waals surface area contributed by atoms with Crippen LogP contribution in [0.2, 0.25) is 0 Å². The van der Waals surface area contributed by atoms with Crippen molar-refractivity contribution in [1.82, 2.24) is 0 Å². The molecule has 2 aliphatic rings. The van der Waals surface area contributed by atoms with E-state index in [-0.39, 0.29) is 16.2 Å². The van der Waals surface area contributed by atoms with Crippen LogP contribution in [0.3, 0.4) is 0 Å². The minimum absolute atomic E-state index is 0.0704. The molecule has 4 aromatic rings. The molecule has 0 N–H and O–H groups in total. The van der Waals surface area contributed by atoms with E-state index in [1.165, 1.54) is 66.8 Å². The molecular formula is C44H48. The predicted molar refractivity (Wildman–Crippen MR) is 190 cm³/mol. The molecule has 224 valence electrons. The molecule has 4 aromatic carbocycles. The SMILES string of the molecule is CC1=CC(C(C)(C)C)=CC1c1c(C(C)(C)C)ccc2c1Cc1cc(C(C)(C)C=C(c3ccccc3)c3ccccc3)ccc1-2. The van der Waals surface area contributed by atoms with Gasteiger partial charge in [-0.15, -0.1) is 0 Å². The van der Waals surface area contributed by atoms with E-state index in [4.69, 9.17) is 0 Å². The Morgan fingerprint density at radius 1 is 0.682 bits per heavy atom. The molecule has 0 heterocycles. The van der Waals surface area contributed by atoms with E-state index < -0.39 is 0 Å². The molecule has 1 atom stereocenters. The molecule has 2 aliphatic carbocycles. The van der Waals surface area contributed by atoms with Crippen LogP contribution >= 0.6 is 0 Å². The van der Waals surface area contributed by atoms with Crippen molar-refractivity contribution in [1.29, 1.82) is 0 Å². The third-order valence-corrected chi connectivity index (χ3v) is 9.74. The molecule has 0 amide bonds. The van der Waals surface area contributed by atoms with Crippen molar-refractivity contribution in [3.8, 4) is 11.1 Å². The fourth-order valence-electron chi connectivity index (χ4n) is 7.20. The van der Waals surface area contributed by atoms with Gasteiger partial charge >= 0.3 is 0 Å². The van der Waals surface area contributed by atoms with Crippen molar-refractivity contribution in [3.05, 3.63) is 159 Å². The Bertz CT molecular complexity index is 1750. The Kier molecular flexibility index (Phi) is 7.48. The maximum absolute atomic E-state index is 2.55. The van der Waals surface area contributed by atoms with Gasteiger partial charge in [0.05, 0.1) is 0 Å². The number of hydrogen-bond donors (Lipinski definition) is 0. The zero-order valence-electron chi connectivity index (χ0n) is 28.2. The van der Waals surface area contributed by atoms with Gasteiger partial charge in [0.2, 0.25) is 0 Å². The Balaban J connectivity index is 1.44. The van der Waals surface area contributed by atoms with Crippen molar-refractivity contribution in [2.75, 3.05) is 0 Å². The van der Waals surface area contributed by atoms with E-state index >= 15 is 0 Å². The first kappa shape index (κ1) is 30.1. The summed E-state index contributed by atoms with van der Waals surface area (Å²) in [5, 5.41) is 0. The summed E-state index contributed by atoms with van der Waals surface area (Å²) in [4.78, 5) is 0. The topological polar surface area (TPSA) is 0 Å². The van der Waals surface area contributed by atoms with E-state index in [0.717, 1.165) is 6.42 Å². The quantitative estimate of drug-likeness (QED) is 0.195. The summed E-state index contributed by atoms with van der Waals surface area (Å²) in [6.45, 7) is 21.2. The third-order valence-electron chi connectivity index (χ3n) is 9.74. The first-order chi connectivity index (χ1) is 20.7. The smallest absolute Gasteiger partial charge is 0.0240 e. The van der Waals surface area contributed by atoms with Gasteiger partial charge in [0.15, 0.2) is 0 Å². The van der Waals surface area contributed by atoms with Gasteiger partial charge in [0.1, 0.15) is 0 Å².